The van der Waals surface area contributed by atoms with E-state index in [1.807, 2.05) is 63.8 Å². The first-order valence-corrected chi connectivity index (χ1v) is 12.7. The second-order valence-electron chi connectivity index (χ2n) is 10.5. The number of carbonyl (C=O) groups excluding carboxylic acids is 1. The van der Waals surface area contributed by atoms with Crippen molar-refractivity contribution < 1.29 is 9.53 Å². The first kappa shape index (κ1) is 23.8. The highest BCUT2D eigenvalue weighted by Crippen LogP contribution is 2.31. The largest absolute Gasteiger partial charge is 0.444 e. The van der Waals surface area contributed by atoms with Gasteiger partial charge in [-0.3, -0.25) is 9.97 Å². The molecule has 1 saturated heterocycles. The molecule has 6 heterocycles. The third-order valence-corrected chi connectivity index (χ3v) is 6.63. The Balaban J connectivity index is 1.26. The molecule has 1 fully saturated rings. The molecule has 0 aromatic carbocycles. The number of amides is 1. The van der Waals surface area contributed by atoms with E-state index in [1.165, 1.54) is 0 Å². The molecule has 1 aliphatic heterocycles. The Morgan fingerprint density at radius 2 is 1.71 bits per heavy atom. The molecule has 9 nitrogen and oxygen atoms in total. The molecule has 0 unspecified atom stereocenters. The summed E-state index contributed by atoms with van der Waals surface area (Å²) in [6.07, 6.45) is 8.87. The molecule has 192 valence electrons. The van der Waals surface area contributed by atoms with Gasteiger partial charge in [-0.15, -0.1) is 0 Å². The Morgan fingerprint density at radius 1 is 0.868 bits per heavy atom. The number of pyridine rings is 4. The smallest absolute Gasteiger partial charge is 0.410 e. The molecule has 1 amide bonds. The number of aromatic nitrogens is 5. The van der Waals surface area contributed by atoms with Gasteiger partial charge in [0.2, 0.25) is 0 Å². The summed E-state index contributed by atoms with van der Waals surface area (Å²) < 4.78 is 5.52. The number of fused-ring (bicyclic) bond motifs is 3. The highest BCUT2D eigenvalue weighted by molar-refractivity contribution is 6.07. The predicted molar refractivity (Wildman–Crippen MR) is 148 cm³/mol. The van der Waals surface area contributed by atoms with Crippen LogP contribution in [0.5, 0.6) is 0 Å². The van der Waals surface area contributed by atoms with Crippen LogP contribution in [0.4, 0.5) is 10.6 Å². The van der Waals surface area contributed by atoms with Gasteiger partial charge in [0.05, 0.1) is 17.4 Å². The van der Waals surface area contributed by atoms with Gasteiger partial charge < -0.3 is 19.5 Å². The average Bonchev–Trinajstić information content (AvgIpc) is 3.30. The van der Waals surface area contributed by atoms with Crippen LogP contribution >= 0.6 is 0 Å². The van der Waals surface area contributed by atoms with Crippen molar-refractivity contribution in [2.45, 2.75) is 26.4 Å². The Bertz CT molecular complexity index is 1620. The molecule has 0 saturated carbocycles. The van der Waals surface area contributed by atoms with Crippen LogP contribution in [0.2, 0.25) is 0 Å². The number of nitrogens with zero attached hydrogens (tertiary/aromatic N) is 6. The molecule has 5 aromatic heterocycles. The van der Waals surface area contributed by atoms with E-state index in [2.05, 4.69) is 43.0 Å². The number of H-pyrrole nitrogens is 1. The fraction of sp³-hybridized carbons (Fsp3) is 0.276. The summed E-state index contributed by atoms with van der Waals surface area (Å²) in [5.41, 5.74) is 5.15. The monoisotopic (exact) mass is 507 g/mol. The zero-order valence-corrected chi connectivity index (χ0v) is 21.7. The van der Waals surface area contributed by atoms with Crippen LogP contribution in [0, 0.1) is 0 Å². The van der Waals surface area contributed by atoms with Crippen LogP contribution in [-0.2, 0) is 4.74 Å². The van der Waals surface area contributed by atoms with Gasteiger partial charge in [-0.2, -0.15) is 0 Å². The van der Waals surface area contributed by atoms with E-state index >= 15 is 0 Å². The van der Waals surface area contributed by atoms with E-state index in [1.54, 1.807) is 11.1 Å². The molecule has 9 heteroatoms. The number of hydrogen-bond donors (Lipinski definition) is 1. The van der Waals surface area contributed by atoms with Crippen LogP contribution < -0.4 is 4.90 Å². The standard InChI is InChI=1S/C29H29N7O2/c1-29(2,3)38-28(37)36-11-9-35(10-12-36)26-14-19(6-8-31-26)21-13-23-22-15-24(20-5-4-7-30-16-20)32-18-25(22)34-27(23)33-17-21/h4-8,13-18H,9-12H2,1-3H3,(H,33,34). The molecule has 1 N–H and O–H groups in total. The van der Waals surface area contributed by atoms with Crippen molar-refractivity contribution in [3.8, 4) is 22.4 Å². The highest BCUT2D eigenvalue weighted by atomic mass is 16.6. The second-order valence-corrected chi connectivity index (χ2v) is 10.5. The molecule has 1 aliphatic rings. The lowest BCUT2D eigenvalue weighted by Gasteiger charge is -2.36. The van der Waals surface area contributed by atoms with Crippen LogP contribution in [-0.4, -0.2) is 67.7 Å². The Hall–Kier alpha value is -4.53. The van der Waals surface area contributed by atoms with E-state index in [9.17, 15) is 4.79 Å². The van der Waals surface area contributed by atoms with E-state index in [0.29, 0.717) is 26.2 Å². The molecular formula is C29H29N7O2. The number of nitrogens with one attached hydrogen (secondary N) is 1. The lowest BCUT2D eigenvalue weighted by atomic mass is 10.1. The maximum absolute atomic E-state index is 12.4. The predicted octanol–water partition coefficient (Wildman–Crippen LogP) is 5.29. The highest BCUT2D eigenvalue weighted by Gasteiger charge is 2.26. The van der Waals surface area contributed by atoms with Crippen molar-refractivity contribution in [1.82, 2.24) is 29.8 Å². The van der Waals surface area contributed by atoms with Crippen molar-refractivity contribution in [3.05, 3.63) is 67.4 Å². The number of anilines is 1. The number of piperazine rings is 1. The molecule has 0 radical (unpaired) electrons. The number of ether oxygens (including phenoxy) is 1. The molecular weight excluding hydrogens is 478 g/mol. The second kappa shape index (κ2) is 9.41. The summed E-state index contributed by atoms with van der Waals surface area (Å²) >= 11 is 0. The molecule has 6 rings (SSSR count). The summed E-state index contributed by atoms with van der Waals surface area (Å²) in [5.74, 6) is 0.883. The fourth-order valence-electron chi connectivity index (χ4n) is 4.72. The number of hydrogen-bond acceptors (Lipinski definition) is 7. The normalized spacial score (nSPS) is 14.3. The quantitative estimate of drug-likeness (QED) is 0.354. The summed E-state index contributed by atoms with van der Waals surface area (Å²) in [6.45, 7) is 8.23. The first-order valence-electron chi connectivity index (χ1n) is 12.7. The molecule has 0 aliphatic carbocycles. The molecule has 38 heavy (non-hydrogen) atoms. The third kappa shape index (κ3) is 4.74. The Labute approximate surface area is 220 Å². The minimum atomic E-state index is -0.499. The average molecular weight is 508 g/mol. The van der Waals surface area contributed by atoms with Crippen molar-refractivity contribution in [1.29, 1.82) is 0 Å². The minimum Gasteiger partial charge on any atom is -0.444 e. The molecule has 0 bridgehead atoms. The van der Waals surface area contributed by atoms with Gasteiger partial charge in [-0.1, -0.05) is 0 Å². The summed E-state index contributed by atoms with van der Waals surface area (Å²) in [7, 11) is 0. The Morgan fingerprint density at radius 3 is 2.47 bits per heavy atom. The van der Waals surface area contributed by atoms with Crippen molar-refractivity contribution in [3.63, 3.8) is 0 Å². The van der Waals surface area contributed by atoms with Crippen molar-refractivity contribution in [2.75, 3.05) is 31.1 Å². The van der Waals surface area contributed by atoms with Crippen LogP contribution in [0.25, 0.3) is 44.3 Å². The first-order chi connectivity index (χ1) is 18.3. The van der Waals surface area contributed by atoms with Crippen molar-refractivity contribution >= 4 is 33.8 Å². The number of aromatic amines is 1. The molecule has 0 spiro atoms. The lowest BCUT2D eigenvalue weighted by Crippen LogP contribution is -2.50. The maximum Gasteiger partial charge on any atom is 0.410 e. The third-order valence-electron chi connectivity index (χ3n) is 6.63. The van der Waals surface area contributed by atoms with E-state index in [0.717, 1.165) is 50.1 Å². The van der Waals surface area contributed by atoms with E-state index in [4.69, 9.17) is 9.72 Å². The molecule has 5 aromatic rings. The SMILES string of the molecule is CC(C)(C)OC(=O)N1CCN(c2cc(-c3cnc4[nH]c5cnc(-c6cccnc6)cc5c4c3)ccn2)CC1. The van der Waals surface area contributed by atoms with Gasteiger partial charge >= 0.3 is 6.09 Å². The van der Waals surface area contributed by atoms with E-state index in [-0.39, 0.29) is 6.09 Å². The minimum absolute atomic E-state index is 0.265. The summed E-state index contributed by atoms with van der Waals surface area (Å²) in [6, 6.07) is 12.2. The number of carbonyl (C=O) groups is 1. The molecule has 0 atom stereocenters. The maximum atomic E-state index is 12.4. The van der Waals surface area contributed by atoms with Crippen LogP contribution in [0.1, 0.15) is 20.8 Å². The van der Waals surface area contributed by atoms with Gasteiger partial charge in [0.1, 0.15) is 17.1 Å². The van der Waals surface area contributed by atoms with Crippen molar-refractivity contribution in [2.24, 2.45) is 0 Å². The topological polar surface area (TPSA) is 100 Å². The summed E-state index contributed by atoms with van der Waals surface area (Å²) in [5, 5.41) is 2.10. The lowest BCUT2D eigenvalue weighted by molar-refractivity contribution is 0.0240. The van der Waals surface area contributed by atoms with Gasteiger partial charge in [0, 0.05) is 72.9 Å². The summed E-state index contributed by atoms with van der Waals surface area (Å²) in [4.78, 5) is 37.9. The number of rotatable bonds is 3. The van der Waals surface area contributed by atoms with Gasteiger partial charge in [0.15, 0.2) is 0 Å². The van der Waals surface area contributed by atoms with Gasteiger partial charge in [-0.05, 0) is 62.7 Å². The Kier molecular flexibility index (Phi) is 5.90. The van der Waals surface area contributed by atoms with Crippen LogP contribution in [0.15, 0.2) is 67.4 Å². The van der Waals surface area contributed by atoms with Gasteiger partial charge in [0.25, 0.3) is 0 Å². The van der Waals surface area contributed by atoms with Crippen LogP contribution in [0.3, 0.4) is 0 Å². The zero-order chi connectivity index (χ0) is 26.3. The fourth-order valence-corrected chi connectivity index (χ4v) is 4.72. The van der Waals surface area contributed by atoms with E-state index < -0.39 is 5.60 Å². The van der Waals surface area contributed by atoms with Gasteiger partial charge in [-0.25, -0.2) is 14.8 Å². The zero-order valence-electron chi connectivity index (χ0n) is 21.7.